The summed E-state index contributed by atoms with van der Waals surface area (Å²) in [5, 5.41) is 11.6. The molecule has 0 saturated carbocycles. The minimum absolute atomic E-state index is 0.0420. The third kappa shape index (κ3) is 4.39. The Morgan fingerprint density at radius 1 is 1.15 bits per heavy atom. The maximum Gasteiger partial charge on any atom is 0.146 e. The third-order valence-electron chi connectivity index (χ3n) is 4.29. The Kier molecular flexibility index (Phi) is 5.87. The number of imidazole rings is 1. The van der Waals surface area contributed by atoms with E-state index in [0.717, 1.165) is 11.4 Å². The summed E-state index contributed by atoms with van der Waals surface area (Å²) in [5.74, 6) is 2.16. The lowest BCUT2D eigenvalue weighted by Gasteiger charge is -2.20. The zero-order valence-corrected chi connectivity index (χ0v) is 16.1. The molecule has 0 bridgehead atoms. The minimum Gasteiger partial charge on any atom is -0.456 e. The molecule has 1 heterocycles. The van der Waals surface area contributed by atoms with Gasteiger partial charge in [-0.1, -0.05) is 42.3 Å². The number of ether oxygens (including phenoxy) is 1. The number of rotatable bonds is 6. The van der Waals surface area contributed by atoms with Crippen molar-refractivity contribution in [2.75, 3.05) is 0 Å². The molecule has 6 heteroatoms. The van der Waals surface area contributed by atoms with Crippen molar-refractivity contribution in [2.45, 2.75) is 26.5 Å². The summed E-state index contributed by atoms with van der Waals surface area (Å²) in [6, 6.07) is 12.4. The number of halogens is 2. The molecule has 3 rings (SSSR count). The molecular formula is C20H20Cl2N2O2. The first-order valence-corrected chi connectivity index (χ1v) is 9.08. The van der Waals surface area contributed by atoms with Gasteiger partial charge in [-0.05, 0) is 42.8 Å². The van der Waals surface area contributed by atoms with Crippen molar-refractivity contribution < 1.29 is 9.84 Å². The molecule has 2 unspecified atom stereocenters. The fourth-order valence-electron chi connectivity index (χ4n) is 2.75. The highest BCUT2D eigenvalue weighted by molar-refractivity contribution is 6.35. The number of aliphatic hydroxyl groups excluding tert-OH is 1. The number of hydrogen-bond donors (Lipinski definition) is 1. The first-order valence-electron chi connectivity index (χ1n) is 8.32. The molecule has 4 nitrogen and oxygen atoms in total. The van der Waals surface area contributed by atoms with E-state index in [0.29, 0.717) is 28.1 Å². The van der Waals surface area contributed by atoms with E-state index >= 15 is 0 Å². The van der Waals surface area contributed by atoms with E-state index in [2.05, 4.69) is 4.98 Å². The van der Waals surface area contributed by atoms with Gasteiger partial charge in [0.05, 0.1) is 11.1 Å². The molecule has 1 aromatic heterocycles. The van der Waals surface area contributed by atoms with Gasteiger partial charge >= 0.3 is 0 Å². The maximum atomic E-state index is 10.6. The molecule has 0 aliphatic rings. The Balaban J connectivity index is 1.67. The second-order valence-electron chi connectivity index (χ2n) is 6.29. The van der Waals surface area contributed by atoms with Crippen LogP contribution in [0.25, 0.3) is 0 Å². The fourth-order valence-corrected chi connectivity index (χ4v) is 3.20. The number of hydrogen-bond acceptors (Lipinski definition) is 3. The Hall–Kier alpha value is -2.01. The van der Waals surface area contributed by atoms with Crippen molar-refractivity contribution in [3.05, 3.63) is 76.3 Å². The van der Waals surface area contributed by atoms with Crippen LogP contribution in [0, 0.1) is 12.8 Å². The largest absolute Gasteiger partial charge is 0.456 e. The fraction of sp³-hybridized carbons (Fsp3) is 0.250. The van der Waals surface area contributed by atoms with E-state index < -0.39 is 6.10 Å². The number of aliphatic hydroxyl groups is 1. The molecule has 26 heavy (non-hydrogen) atoms. The average molecular weight is 391 g/mol. The Morgan fingerprint density at radius 2 is 1.88 bits per heavy atom. The Labute approximate surface area is 163 Å². The van der Waals surface area contributed by atoms with E-state index in [1.165, 1.54) is 0 Å². The lowest BCUT2D eigenvalue weighted by atomic mass is 9.97. The van der Waals surface area contributed by atoms with Crippen molar-refractivity contribution in [3.63, 3.8) is 0 Å². The van der Waals surface area contributed by atoms with Crippen LogP contribution >= 0.6 is 23.2 Å². The van der Waals surface area contributed by atoms with Crippen LogP contribution in [-0.4, -0.2) is 14.7 Å². The number of nitrogens with zero attached hydrogens (tertiary/aromatic N) is 2. The molecule has 0 aliphatic carbocycles. The van der Waals surface area contributed by atoms with Gasteiger partial charge in [0.15, 0.2) is 0 Å². The normalized spacial score (nSPS) is 13.4. The van der Waals surface area contributed by atoms with Crippen molar-refractivity contribution in [2.24, 2.45) is 5.92 Å². The predicted octanol–water partition coefficient (Wildman–Crippen LogP) is 5.66. The van der Waals surface area contributed by atoms with E-state index in [-0.39, 0.29) is 5.92 Å². The maximum absolute atomic E-state index is 10.6. The summed E-state index contributed by atoms with van der Waals surface area (Å²) >= 11 is 12.0. The molecule has 0 fully saturated rings. The van der Waals surface area contributed by atoms with Gasteiger partial charge in [0.2, 0.25) is 0 Å². The Morgan fingerprint density at radius 3 is 2.50 bits per heavy atom. The van der Waals surface area contributed by atoms with Crippen LogP contribution in [-0.2, 0) is 6.54 Å². The second-order valence-corrected chi connectivity index (χ2v) is 7.14. The van der Waals surface area contributed by atoms with Crippen LogP contribution in [0.4, 0.5) is 0 Å². The van der Waals surface area contributed by atoms with Crippen LogP contribution in [0.2, 0.25) is 10.0 Å². The third-order valence-corrected chi connectivity index (χ3v) is 4.82. The highest BCUT2D eigenvalue weighted by Gasteiger charge is 2.17. The first-order chi connectivity index (χ1) is 12.4. The zero-order valence-electron chi connectivity index (χ0n) is 14.6. The summed E-state index contributed by atoms with van der Waals surface area (Å²) in [6.45, 7) is 4.67. The van der Waals surface area contributed by atoms with Crippen LogP contribution in [0.15, 0.2) is 54.9 Å². The predicted molar refractivity (Wildman–Crippen MR) is 104 cm³/mol. The average Bonchev–Trinajstić information content (AvgIpc) is 3.02. The molecule has 3 aromatic rings. The summed E-state index contributed by atoms with van der Waals surface area (Å²) in [4.78, 5) is 4.21. The number of benzene rings is 2. The second kappa shape index (κ2) is 8.12. The molecule has 1 N–H and O–H groups in total. The highest BCUT2D eigenvalue weighted by Crippen LogP contribution is 2.32. The van der Waals surface area contributed by atoms with Crippen molar-refractivity contribution >= 4 is 23.2 Å². The molecule has 2 atom stereocenters. The summed E-state index contributed by atoms with van der Waals surface area (Å²) in [5.41, 5.74) is 0.838. The van der Waals surface area contributed by atoms with Crippen molar-refractivity contribution in [1.29, 1.82) is 0 Å². The molecule has 2 aromatic carbocycles. The summed E-state index contributed by atoms with van der Waals surface area (Å²) < 4.78 is 7.81. The lowest BCUT2D eigenvalue weighted by molar-refractivity contribution is 0.107. The van der Waals surface area contributed by atoms with Gasteiger partial charge in [-0.15, -0.1) is 0 Å². The van der Waals surface area contributed by atoms with Crippen molar-refractivity contribution in [1.82, 2.24) is 9.55 Å². The lowest BCUT2D eigenvalue weighted by Crippen LogP contribution is -2.16. The molecule has 0 aliphatic heterocycles. The summed E-state index contributed by atoms with van der Waals surface area (Å²) in [7, 11) is 0. The zero-order chi connectivity index (χ0) is 18.7. The number of aromatic nitrogens is 2. The van der Waals surface area contributed by atoms with E-state index in [1.54, 1.807) is 24.4 Å². The highest BCUT2D eigenvalue weighted by atomic mass is 35.5. The molecule has 0 radical (unpaired) electrons. The Bertz CT molecular complexity index is 878. The van der Waals surface area contributed by atoms with Gasteiger partial charge in [0.1, 0.15) is 17.3 Å². The van der Waals surface area contributed by atoms with E-state index in [1.807, 2.05) is 48.9 Å². The van der Waals surface area contributed by atoms with Crippen molar-refractivity contribution in [3.8, 4) is 11.5 Å². The van der Waals surface area contributed by atoms with E-state index in [4.69, 9.17) is 27.9 Å². The minimum atomic E-state index is -0.579. The smallest absolute Gasteiger partial charge is 0.146 e. The van der Waals surface area contributed by atoms with Crippen LogP contribution in [0.1, 0.15) is 24.4 Å². The standard InChI is InChI=1S/C20H20Cl2N2O2/c1-13(12-24-10-9-23-14(24)2)20(25)15-3-6-17(7-4-15)26-19-8-5-16(21)11-18(19)22/h3-11,13,20,25H,12H2,1-2H3. The monoisotopic (exact) mass is 390 g/mol. The molecule has 0 amide bonds. The van der Waals surface area contributed by atoms with Gasteiger partial charge in [-0.2, -0.15) is 0 Å². The summed E-state index contributed by atoms with van der Waals surface area (Å²) in [6.07, 6.45) is 3.11. The molecule has 0 saturated heterocycles. The van der Waals surface area contributed by atoms with Gasteiger partial charge in [-0.3, -0.25) is 0 Å². The quantitative estimate of drug-likeness (QED) is 0.590. The molecular weight excluding hydrogens is 371 g/mol. The first kappa shape index (κ1) is 18.8. The molecule has 136 valence electrons. The van der Waals surface area contributed by atoms with Gasteiger partial charge in [-0.25, -0.2) is 4.98 Å². The topological polar surface area (TPSA) is 47.3 Å². The van der Waals surface area contributed by atoms with E-state index in [9.17, 15) is 5.11 Å². The van der Waals surface area contributed by atoms with Gasteiger partial charge in [0, 0.05) is 29.9 Å². The van der Waals surface area contributed by atoms with Crippen LogP contribution in [0.3, 0.4) is 0 Å². The van der Waals surface area contributed by atoms with Gasteiger partial charge < -0.3 is 14.4 Å². The molecule has 0 spiro atoms. The SMILES string of the molecule is Cc1nccn1CC(C)C(O)c1ccc(Oc2ccc(Cl)cc2Cl)cc1. The van der Waals surface area contributed by atoms with Crippen LogP contribution < -0.4 is 4.74 Å². The number of aryl methyl sites for hydroxylation is 1. The van der Waals surface area contributed by atoms with Crippen LogP contribution in [0.5, 0.6) is 11.5 Å². The van der Waals surface area contributed by atoms with Gasteiger partial charge in [0.25, 0.3) is 0 Å².